The van der Waals surface area contributed by atoms with Crippen molar-refractivity contribution in [1.29, 1.82) is 0 Å². The van der Waals surface area contributed by atoms with Gasteiger partial charge in [0.2, 0.25) is 5.91 Å². The Hall–Kier alpha value is -2.22. The van der Waals surface area contributed by atoms with Crippen molar-refractivity contribution in [2.75, 3.05) is 20.2 Å². The number of methoxy groups -OCH3 is 1. The summed E-state index contributed by atoms with van der Waals surface area (Å²) in [5, 5.41) is 15.8. The van der Waals surface area contributed by atoms with Gasteiger partial charge in [-0.3, -0.25) is 14.8 Å². The average molecular weight is 399 g/mol. The molecule has 1 saturated carbocycles. The molecule has 1 aliphatic carbocycles. The summed E-state index contributed by atoms with van der Waals surface area (Å²) < 4.78 is 5.36. The third kappa shape index (κ3) is 3.95. The number of benzene rings is 1. The van der Waals surface area contributed by atoms with Gasteiger partial charge < -0.3 is 15.4 Å². The minimum absolute atomic E-state index is 0.0137. The van der Waals surface area contributed by atoms with Crippen LogP contribution in [0.1, 0.15) is 36.8 Å². The molecule has 3 aliphatic rings. The summed E-state index contributed by atoms with van der Waals surface area (Å²) >= 11 is 0. The van der Waals surface area contributed by atoms with E-state index in [9.17, 15) is 14.8 Å². The molecule has 2 fully saturated rings. The highest BCUT2D eigenvalue weighted by molar-refractivity contribution is 5.96. The molecule has 1 saturated heterocycles. The number of Topliss-reactive ketones (excluding diaryl/α,β-unsaturated/α-hetero) is 1. The quantitative estimate of drug-likeness (QED) is 0.443. The summed E-state index contributed by atoms with van der Waals surface area (Å²) in [6, 6.07) is 5.00. The maximum Gasteiger partial charge on any atom is 0.248 e. The monoisotopic (exact) mass is 399 g/mol. The number of aryl methyl sites for hydroxylation is 1. The van der Waals surface area contributed by atoms with E-state index in [-0.39, 0.29) is 17.2 Å². The van der Waals surface area contributed by atoms with Crippen LogP contribution in [0.3, 0.4) is 0 Å². The van der Waals surface area contributed by atoms with Gasteiger partial charge >= 0.3 is 0 Å². The van der Waals surface area contributed by atoms with Crippen LogP contribution in [0.15, 0.2) is 24.3 Å². The topological polar surface area (TPSA) is 99.7 Å². The molecular formula is C22H29N3O4. The fourth-order valence-corrected chi connectivity index (χ4v) is 4.72. The van der Waals surface area contributed by atoms with Gasteiger partial charge in [-0.05, 0) is 66.9 Å². The van der Waals surface area contributed by atoms with Crippen LogP contribution < -0.4 is 20.9 Å². The zero-order valence-corrected chi connectivity index (χ0v) is 17.0. The fourth-order valence-electron chi connectivity index (χ4n) is 4.72. The van der Waals surface area contributed by atoms with Gasteiger partial charge in [0, 0.05) is 13.1 Å². The summed E-state index contributed by atoms with van der Waals surface area (Å²) in [5.41, 5.74) is 5.21. The normalized spacial score (nSPS) is 27.8. The van der Waals surface area contributed by atoms with Gasteiger partial charge in [-0.15, -0.1) is 0 Å². The third-order valence-electron chi connectivity index (χ3n) is 6.73. The molecule has 1 aromatic rings. The Labute approximate surface area is 170 Å². The first-order valence-corrected chi connectivity index (χ1v) is 10.2. The number of ketones is 1. The molecule has 7 heteroatoms. The zero-order chi connectivity index (χ0) is 20.6. The van der Waals surface area contributed by atoms with Crippen LogP contribution in [0.2, 0.25) is 0 Å². The number of nitrogens with one attached hydrogen (secondary N) is 3. The van der Waals surface area contributed by atoms with Crippen LogP contribution in [0.5, 0.6) is 5.75 Å². The molecule has 1 aromatic carbocycles. The average Bonchev–Trinajstić information content (AvgIpc) is 3.51. The lowest BCUT2D eigenvalue weighted by Crippen LogP contribution is -2.59. The van der Waals surface area contributed by atoms with Crippen molar-refractivity contribution in [2.45, 2.75) is 44.7 Å². The first-order valence-electron chi connectivity index (χ1n) is 10.2. The van der Waals surface area contributed by atoms with E-state index in [1.54, 1.807) is 12.6 Å². The highest BCUT2D eigenvalue weighted by atomic mass is 16.5. The molecule has 1 unspecified atom stereocenters. The molecule has 0 radical (unpaired) electrons. The number of rotatable bonds is 5. The van der Waals surface area contributed by atoms with E-state index < -0.39 is 17.9 Å². The van der Waals surface area contributed by atoms with E-state index in [0.717, 1.165) is 41.8 Å². The van der Waals surface area contributed by atoms with Crippen LogP contribution in [-0.4, -0.2) is 49.2 Å². The molecule has 1 spiro atoms. The van der Waals surface area contributed by atoms with E-state index in [0.29, 0.717) is 19.4 Å². The van der Waals surface area contributed by atoms with Crippen LogP contribution in [0.4, 0.5) is 0 Å². The summed E-state index contributed by atoms with van der Waals surface area (Å²) in [4.78, 5) is 25.6. The van der Waals surface area contributed by atoms with Crippen LogP contribution in [0.25, 0.3) is 5.57 Å². The number of piperidine rings is 1. The van der Waals surface area contributed by atoms with E-state index in [1.807, 2.05) is 25.1 Å². The maximum atomic E-state index is 13.4. The Morgan fingerprint density at radius 1 is 1.28 bits per heavy atom. The highest BCUT2D eigenvalue weighted by Gasteiger charge is 2.52. The standard InChI is InChI=1S/C22H29N3O4/c1-13-3-4-15(29-2)10-16(13)14-5-8-23-18(9-14)20(26)19-17(21(27)25-28)11-22(6-7-22)12-24-19/h3-5,10,17-19,23-24,28H,6-9,11-12H2,1-2H3,(H,25,27)/t17-,18?,19-/m0/s1. The zero-order valence-electron chi connectivity index (χ0n) is 17.0. The minimum atomic E-state index is -0.586. The number of hydroxylamine groups is 1. The fraction of sp³-hybridized carbons (Fsp3) is 0.545. The van der Waals surface area contributed by atoms with Crippen molar-refractivity contribution in [3.8, 4) is 5.75 Å². The van der Waals surface area contributed by atoms with E-state index in [2.05, 4.69) is 16.7 Å². The van der Waals surface area contributed by atoms with Crippen molar-refractivity contribution >= 4 is 17.3 Å². The first kappa shape index (κ1) is 20.1. The molecule has 0 aromatic heterocycles. The summed E-state index contributed by atoms with van der Waals surface area (Å²) in [6.45, 7) is 3.40. The summed E-state index contributed by atoms with van der Waals surface area (Å²) in [6.07, 6.45) is 5.45. The molecule has 4 N–H and O–H groups in total. The molecule has 156 valence electrons. The van der Waals surface area contributed by atoms with Gasteiger partial charge in [0.15, 0.2) is 5.78 Å². The predicted octanol–water partition coefficient (Wildman–Crippen LogP) is 1.58. The van der Waals surface area contributed by atoms with Crippen molar-refractivity contribution in [1.82, 2.24) is 16.1 Å². The van der Waals surface area contributed by atoms with Crippen molar-refractivity contribution in [2.24, 2.45) is 11.3 Å². The van der Waals surface area contributed by atoms with Gasteiger partial charge in [0.25, 0.3) is 0 Å². The molecule has 2 aliphatic heterocycles. The number of carbonyl (C=O) groups excluding carboxylic acids is 2. The van der Waals surface area contributed by atoms with Crippen molar-refractivity contribution < 1.29 is 19.5 Å². The second-order valence-corrected chi connectivity index (χ2v) is 8.62. The van der Waals surface area contributed by atoms with Gasteiger partial charge in [0.05, 0.1) is 25.1 Å². The molecule has 29 heavy (non-hydrogen) atoms. The number of hydrogen-bond donors (Lipinski definition) is 4. The molecule has 7 nitrogen and oxygen atoms in total. The molecule has 3 atom stereocenters. The number of amides is 1. The molecule has 1 amide bonds. The van der Waals surface area contributed by atoms with Gasteiger partial charge in [0.1, 0.15) is 5.75 Å². The minimum Gasteiger partial charge on any atom is -0.497 e. The smallest absolute Gasteiger partial charge is 0.248 e. The Morgan fingerprint density at radius 3 is 2.76 bits per heavy atom. The second-order valence-electron chi connectivity index (χ2n) is 8.62. The lowest BCUT2D eigenvalue weighted by atomic mass is 9.78. The first-order chi connectivity index (χ1) is 14.0. The predicted molar refractivity (Wildman–Crippen MR) is 109 cm³/mol. The number of ether oxygens (including phenoxy) is 1. The van der Waals surface area contributed by atoms with E-state index in [4.69, 9.17) is 4.74 Å². The third-order valence-corrected chi connectivity index (χ3v) is 6.73. The largest absolute Gasteiger partial charge is 0.497 e. The van der Waals surface area contributed by atoms with Crippen LogP contribution in [0, 0.1) is 18.3 Å². The molecule has 4 rings (SSSR count). The molecular weight excluding hydrogens is 370 g/mol. The van der Waals surface area contributed by atoms with Crippen LogP contribution in [-0.2, 0) is 9.59 Å². The lowest BCUT2D eigenvalue weighted by Gasteiger charge is -2.37. The second kappa shape index (κ2) is 7.89. The maximum absolute atomic E-state index is 13.4. The van der Waals surface area contributed by atoms with Gasteiger partial charge in [-0.25, -0.2) is 5.48 Å². The number of hydrogen-bond acceptors (Lipinski definition) is 6. The van der Waals surface area contributed by atoms with E-state index in [1.165, 1.54) is 0 Å². The Balaban J connectivity index is 1.52. The van der Waals surface area contributed by atoms with E-state index >= 15 is 0 Å². The Bertz CT molecular complexity index is 846. The highest BCUT2D eigenvalue weighted by Crippen LogP contribution is 2.52. The SMILES string of the molecule is COc1ccc(C)c(C2=CCNC(C(=O)[C@H]3NCC4(CC4)C[C@@H]3C(=O)NO)C2)c1. The van der Waals surface area contributed by atoms with Crippen molar-refractivity contribution in [3.05, 3.63) is 35.4 Å². The molecule has 0 bridgehead atoms. The summed E-state index contributed by atoms with van der Waals surface area (Å²) in [5.74, 6) is -0.244. The number of carbonyl (C=O) groups is 2. The Kier molecular flexibility index (Phi) is 5.46. The van der Waals surface area contributed by atoms with Crippen molar-refractivity contribution in [3.63, 3.8) is 0 Å². The lowest BCUT2D eigenvalue weighted by molar-refractivity contribution is -0.140. The van der Waals surface area contributed by atoms with Gasteiger partial charge in [-0.2, -0.15) is 0 Å². The summed E-state index contributed by atoms with van der Waals surface area (Å²) in [7, 11) is 1.64. The molecule has 2 heterocycles. The van der Waals surface area contributed by atoms with Gasteiger partial charge in [-0.1, -0.05) is 12.1 Å². The Morgan fingerprint density at radius 2 is 2.07 bits per heavy atom. The van der Waals surface area contributed by atoms with Crippen LogP contribution >= 0.6 is 0 Å².